The van der Waals surface area contributed by atoms with E-state index in [-0.39, 0.29) is 6.10 Å². The highest BCUT2D eigenvalue weighted by Gasteiger charge is 2.21. The topological polar surface area (TPSA) is 73.0 Å². The standard InChI is InChI=1S/C23H26N4O2S/c1-16(2)14-27-22(17(3)29-21-11-7-10-20(12-21)28-4)25-26-23(27)30-15-19-9-6-5-8-18(19)13-24/h5-12,16-17H,14-15H2,1-4H3. The Morgan fingerprint density at radius 3 is 2.57 bits per heavy atom. The lowest BCUT2D eigenvalue weighted by atomic mass is 10.1. The number of methoxy groups -OCH3 is 1. The first kappa shape index (κ1) is 21.7. The number of benzene rings is 2. The Hall–Kier alpha value is -2.98. The van der Waals surface area contributed by atoms with Gasteiger partial charge in [0.1, 0.15) is 11.5 Å². The molecule has 7 heteroatoms. The van der Waals surface area contributed by atoms with Gasteiger partial charge in [-0.2, -0.15) is 5.26 Å². The maximum atomic E-state index is 9.33. The fraction of sp³-hybridized carbons (Fsp3) is 0.348. The van der Waals surface area contributed by atoms with E-state index in [4.69, 9.17) is 9.47 Å². The fourth-order valence-electron chi connectivity index (χ4n) is 3.07. The summed E-state index contributed by atoms with van der Waals surface area (Å²) in [5, 5.41) is 19.0. The maximum absolute atomic E-state index is 9.33. The summed E-state index contributed by atoms with van der Waals surface area (Å²) in [4.78, 5) is 0. The Morgan fingerprint density at radius 2 is 1.83 bits per heavy atom. The van der Waals surface area contributed by atoms with Gasteiger partial charge in [-0.3, -0.25) is 0 Å². The summed E-state index contributed by atoms with van der Waals surface area (Å²) in [7, 11) is 1.63. The van der Waals surface area contributed by atoms with Crippen LogP contribution in [-0.2, 0) is 12.3 Å². The minimum Gasteiger partial charge on any atom is -0.497 e. The molecular weight excluding hydrogens is 396 g/mol. The van der Waals surface area contributed by atoms with Gasteiger partial charge < -0.3 is 14.0 Å². The van der Waals surface area contributed by atoms with Crippen LogP contribution in [0.2, 0.25) is 0 Å². The van der Waals surface area contributed by atoms with Crippen LogP contribution in [0.1, 0.15) is 43.8 Å². The van der Waals surface area contributed by atoms with Gasteiger partial charge >= 0.3 is 0 Å². The molecule has 3 aromatic rings. The second-order valence-electron chi connectivity index (χ2n) is 7.34. The zero-order valence-electron chi connectivity index (χ0n) is 17.7. The molecule has 0 aliphatic carbocycles. The molecule has 30 heavy (non-hydrogen) atoms. The third kappa shape index (κ3) is 5.33. The SMILES string of the molecule is COc1cccc(OC(C)c2nnc(SCc3ccccc3C#N)n2CC(C)C)c1. The van der Waals surface area contributed by atoms with Crippen molar-refractivity contribution in [2.24, 2.45) is 5.92 Å². The van der Waals surface area contributed by atoms with Crippen LogP contribution in [0.25, 0.3) is 0 Å². The Bertz CT molecular complexity index is 1030. The molecule has 6 nitrogen and oxygen atoms in total. The van der Waals surface area contributed by atoms with Gasteiger partial charge in [-0.15, -0.1) is 10.2 Å². The minimum absolute atomic E-state index is 0.274. The highest BCUT2D eigenvalue weighted by atomic mass is 32.2. The summed E-state index contributed by atoms with van der Waals surface area (Å²) in [6, 6.07) is 17.4. The van der Waals surface area contributed by atoms with Crippen molar-refractivity contribution in [3.05, 3.63) is 65.5 Å². The molecule has 0 aliphatic rings. The number of nitrogens with zero attached hydrogens (tertiary/aromatic N) is 4. The number of thioether (sulfide) groups is 1. The molecule has 0 fully saturated rings. The molecule has 2 aromatic carbocycles. The van der Waals surface area contributed by atoms with Crippen LogP contribution in [0.3, 0.4) is 0 Å². The van der Waals surface area contributed by atoms with Gasteiger partial charge in [0.15, 0.2) is 17.1 Å². The first-order valence-electron chi connectivity index (χ1n) is 9.86. The molecule has 3 rings (SSSR count). The van der Waals surface area contributed by atoms with E-state index in [0.29, 0.717) is 17.2 Å². The van der Waals surface area contributed by atoms with Crippen molar-refractivity contribution in [3.63, 3.8) is 0 Å². The molecule has 0 saturated heterocycles. The van der Waals surface area contributed by atoms with E-state index in [1.54, 1.807) is 18.9 Å². The van der Waals surface area contributed by atoms with Crippen LogP contribution in [0.5, 0.6) is 11.5 Å². The molecule has 0 bridgehead atoms. The number of rotatable bonds is 9. The Morgan fingerprint density at radius 1 is 1.07 bits per heavy atom. The van der Waals surface area contributed by atoms with Gasteiger partial charge in [0.2, 0.25) is 0 Å². The quantitative estimate of drug-likeness (QED) is 0.439. The summed E-state index contributed by atoms with van der Waals surface area (Å²) in [5.41, 5.74) is 1.68. The zero-order valence-corrected chi connectivity index (χ0v) is 18.5. The van der Waals surface area contributed by atoms with Gasteiger partial charge in [0.25, 0.3) is 0 Å². The number of ether oxygens (including phenoxy) is 2. The number of hydrogen-bond donors (Lipinski definition) is 0. The van der Waals surface area contributed by atoms with Crippen LogP contribution in [0.4, 0.5) is 0 Å². The maximum Gasteiger partial charge on any atom is 0.191 e. The van der Waals surface area contributed by atoms with E-state index in [2.05, 4.69) is 34.7 Å². The van der Waals surface area contributed by atoms with E-state index in [1.165, 1.54) is 0 Å². The normalized spacial score (nSPS) is 11.9. The lowest BCUT2D eigenvalue weighted by Crippen LogP contribution is -2.15. The van der Waals surface area contributed by atoms with Crippen molar-refractivity contribution < 1.29 is 9.47 Å². The van der Waals surface area contributed by atoms with Gasteiger partial charge in [0.05, 0.1) is 18.7 Å². The predicted molar refractivity (Wildman–Crippen MR) is 118 cm³/mol. The molecule has 0 saturated carbocycles. The molecule has 1 atom stereocenters. The van der Waals surface area contributed by atoms with Crippen molar-refractivity contribution in [3.8, 4) is 17.6 Å². The molecule has 0 aliphatic heterocycles. The molecule has 1 aromatic heterocycles. The number of aromatic nitrogens is 3. The van der Waals surface area contributed by atoms with Gasteiger partial charge in [-0.1, -0.05) is 49.9 Å². The highest BCUT2D eigenvalue weighted by molar-refractivity contribution is 7.98. The van der Waals surface area contributed by atoms with Gasteiger partial charge in [-0.25, -0.2) is 0 Å². The van der Waals surface area contributed by atoms with E-state index in [0.717, 1.165) is 34.6 Å². The zero-order chi connectivity index (χ0) is 21.5. The smallest absolute Gasteiger partial charge is 0.191 e. The van der Waals surface area contributed by atoms with E-state index in [1.807, 2.05) is 55.5 Å². The first-order valence-corrected chi connectivity index (χ1v) is 10.8. The first-order chi connectivity index (χ1) is 14.5. The van der Waals surface area contributed by atoms with Crippen LogP contribution < -0.4 is 9.47 Å². The summed E-state index contributed by atoms with van der Waals surface area (Å²) >= 11 is 1.58. The van der Waals surface area contributed by atoms with E-state index in [9.17, 15) is 5.26 Å². The van der Waals surface area contributed by atoms with Crippen molar-refractivity contribution >= 4 is 11.8 Å². The van der Waals surface area contributed by atoms with Crippen molar-refractivity contribution in [1.82, 2.24) is 14.8 Å². The van der Waals surface area contributed by atoms with Gasteiger partial charge in [-0.05, 0) is 36.6 Å². The number of hydrogen-bond acceptors (Lipinski definition) is 6. The van der Waals surface area contributed by atoms with E-state index >= 15 is 0 Å². The molecule has 0 radical (unpaired) electrons. The van der Waals surface area contributed by atoms with Crippen molar-refractivity contribution in [1.29, 1.82) is 5.26 Å². The Labute approximate surface area is 181 Å². The average Bonchev–Trinajstić information content (AvgIpc) is 3.14. The second-order valence-corrected chi connectivity index (χ2v) is 8.28. The van der Waals surface area contributed by atoms with Crippen LogP contribution in [0.15, 0.2) is 53.7 Å². The minimum atomic E-state index is -0.274. The molecule has 0 spiro atoms. The summed E-state index contributed by atoms with van der Waals surface area (Å²) in [5.74, 6) is 3.33. The summed E-state index contributed by atoms with van der Waals surface area (Å²) < 4.78 is 13.5. The third-order valence-electron chi connectivity index (χ3n) is 4.51. The van der Waals surface area contributed by atoms with E-state index < -0.39 is 0 Å². The molecule has 156 valence electrons. The second kappa shape index (κ2) is 10.2. The molecule has 0 N–H and O–H groups in total. The summed E-state index contributed by atoms with van der Waals surface area (Å²) in [6.07, 6.45) is -0.274. The van der Waals surface area contributed by atoms with Crippen molar-refractivity contribution in [2.45, 2.75) is 44.3 Å². The Balaban J connectivity index is 1.81. The fourth-order valence-corrected chi connectivity index (χ4v) is 4.03. The Kier molecular flexibility index (Phi) is 7.36. The lowest BCUT2D eigenvalue weighted by molar-refractivity contribution is 0.207. The molecular formula is C23H26N4O2S. The highest BCUT2D eigenvalue weighted by Crippen LogP contribution is 2.29. The summed E-state index contributed by atoms with van der Waals surface area (Å²) in [6.45, 7) is 7.09. The number of nitriles is 1. The van der Waals surface area contributed by atoms with Gasteiger partial charge in [0, 0.05) is 18.4 Å². The lowest BCUT2D eigenvalue weighted by Gasteiger charge is -2.18. The monoisotopic (exact) mass is 422 g/mol. The van der Waals surface area contributed by atoms with Crippen LogP contribution in [-0.4, -0.2) is 21.9 Å². The molecule has 0 amide bonds. The largest absolute Gasteiger partial charge is 0.497 e. The predicted octanol–water partition coefficient (Wildman–Crippen LogP) is 5.25. The van der Waals surface area contributed by atoms with Crippen molar-refractivity contribution in [2.75, 3.05) is 7.11 Å². The van der Waals surface area contributed by atoms with Crippen LogP contribution in [0, 0.1) is 17.2 Å². The average molecular weight is 423 g/mol. The molecule has 1 unspecified atom stereocenters. The molecule has 1 heterocycles. The van der Waals surface area contributed by atoms with Crippen LogP contribution >= 0.6 is 11.8 Å². The third-order valence-corrected chi connectivity index (χ3v) is 5.52.